The molecule has 1 aliphatic rings. The minimum absolute atomic E-state index is 0.00291. The Balaban J connectivity index is 1.68. The molecule has 0 radical (unpaired) electrons. The first kappa shape index (κ1) is 18.9. The van der Waals surface area contributed by atoms with Gasteiger partial charge in [0.2, 0.25) is 0 Å². The van der Waals surface area contributed by atoms with Gasteiger partial charge in [-0.2, -0.15) is 0 Å². The predicted octanol–water partition coefficient (Wildman–Crippen LogP) is 3.42. The molecule has 0 saturated carbocycles. The van der Waals surface area contributed by atoms with E-state index in [0.29, 0.717) is 49.2 Å². The molecule has 0 bridgehead atoms. The third-order valence-electron chi connectivity index (χ3n) is 4.78. The Morgan fingerprint density at radius 2 is 1.67 bits per heavy atom. The zero-order valence-corrected chi connectivity index (χ0v) is 15.4. The van der Waals surface area contributed by atoms with Crippen molar-refractivity contribution in [3.05, 3.63) is 59.9 Å². The van der Waals surface area contributed by atoms with Crippen molar-refractivity contribution in [1.82, 2.24) is 15.5 Å². The van der Waals surface area contributed by atoms with Gasteiger partial charge in [-0.05, 0) is 37.5 Å². The molecule has 27 heavy (non-hydrogen) atoms. The van der Waals surface area contributed by atoms with Gasteiger partial charge in [0.15, 0.2) is 0 Å². The Kier molecular flexibility index (Phi) is 6.06. The van der Waals surface area contributed by atoms with E-state index in [2.05, 4.69) is 10.6 Å². The third kappa shape index (κ3) is 4.45. The molecule has 0 spiro atoms. The molecule has 0 aromatic heterocycles. The molecule has 0 unspecified atom stereocenters. The summed E-state index contributed by atoms with van der Waals surface area (Å²) in [6.45, 7) is 3.69. The first-order chi connectivity index (χ1) is 13.1. The lowest BCUT2D eigenvalue weighted by molar-refractivity contribution is 0.0918. The van der Waals surface area contributed by atoms with Gasteiger partial charge in [-0.1, -0.05) is 36.4 Å². The molecular formula is C21H24FN3O2. The largest absolute Gasteiger partial charge is 0.349 e. The van der Waals surface area contributed by atoms with E-state index < -0.39 is 0 Å². The third-order valence-corrected chi connectivity index (χ3v) is 4.78. The van der Waals surface area contributed by atoms with Crippen LogP contribution in [0.3, 0.4) is 0 Å². The average molecular weight is 369 g/mol. The molecule has 6 heteroatoms. The van der Waals surface area contributed by atoms with Crippen LogP contribution < -0.4 is 10.6 Å². The molecule has 5 nitrogen and oxygen atoms in total. The first-order valence-corrected chi connectivity index (χ1v) is 9.27. The SMILES string of the molecule is CCNC(=O)N1CCC(NC(=O)c2ccccc2-c2ccccc2F)CC1. The Labute approximate surface area is 158 Å². The number of hydrogen-bond donors (Lipinski definition) is 2. The van der Waals surface area contributed by atoms with Crippen molar-refractivity contribution < 1.29 is 14.0 Å². The normalized spacial score (nSPS) is 14.7. The van der Waals surface area contributed by atoms with Crippen LogP contribution in [0.2, 0.25) is 0 Å². The summed E-state index contributed by atoms with van der Waals surface area (Å²) < 4.78 is 14.2. The van der Waals surface area contributed by atoms with Gasteiger partial charge in [-0.25, -0.2) is 9.18 Å². The summed E-state index contributed by atoms with van der Waals surface area (Å²) in [7, 11) is 0. The molecule has 2 aromatic rings. The number of carbonyl (C=O) groups is 2. The summed E-state index contributed by atoms with van der Waals surface area (Å²) in [6.07, 6.45) is 1.40. The number of amides is 3. The van der Waals surface area contributed by atoms with E-state index in [4.69, 9.17) is 0 Å². The summed E-state index contributed by atoms with van der Waals surface area (Å²) >= 11 is 0. The predicted molar refractivity (Wildman–Crippen MR) is 103 cm³/mol. The van der Waals surface area contributed by atoms with Crippen LogP contribution in [-0.2, 0) is 0 Å². The van der Waals surface area contributed by atoms with Crippen LogP contribution >= 0.6 is 0 Å². The minimum Gasteiger partial charge on any atom is -0.349 e. The molecular weight excluding hydrogens is 345 g/mol. The number of urea groups is 1. The number of nitrogens with one attached hydrogen (secondary N) is 2. The highest BCUT2D eigenvalue weighted by atomic mass is 19.1. The summed E-state index contributed by atoms with van der Waals surface area (Å²) in [6, 6.07) is 13.4. The van der Waals surface area contributed by atoms with Crippen molar-refractivity contribution in [3.8, 4) is 11.1 Å². The van der Waals surface area contributed by atoms with E-state index >= 15 is 0 Å². The van der Waals surface area contributed by atoms with Gasteiger partial charge < -0.3 is 15.5 Å². The van der Waals surface area contributed by atoms with E-state index in [1.54, 1.807) is 47.4 Å². The van der Waals surface area contributed by atoms with Gasteiger partial charge in [-0.15, -0.1) is 0 Å². The molecule has 1 heterocycles. The zero-order chi connectivity index (χ0) is 19.2. The molecule has 1 aliphatic heterocycles. The standard InChI is InChI=1S/C21H24FN3O2/c1-2-23-21(27)25-13-11-15(12-14-25)24-20(26)18-9-4-3-7-16(18)17-8-5-6-10-19(17)22/h3-10,15H,2,11-14H2,1H3,(H,23,27)(H,24,26). The Hall–Kier alpha value is -2.89. The number of halogens is 1. The molecule has 3 amide bonds. The summed E-state index contributed by atoms with van der Waals surface area (Å²) in [4.78, 5) is 26.4. The van der Waals surface area contributed by atoms with Gasteiger partial charge in [0.05, 0.1) is 0 Å². The topological polar surface area (TPSA) is 61.4 Å². The van der Waals surface area contributed by atoms with Gasteiger partial charge in [-0.3, -0.25) is 4.79 Å². The first-order valence-electron chi connectivity index (χ1n) is 9.27. The molecule has 1 saturated heterocycles. The fraction of sp³-hybridized carbons (Fsp3) is 0.333. The Morgan fingerprint density at radius 3 is 2.33 bits per heavy atom. The molecule has 0 atom stereocenters. The second-order valence-electron chi connectivity index (χ2n) is 6.60. The Bertz CT molecular complexity index is 817. The van der Waals surface area contributed by atoms with E-state index in [9.17, 15) is 14.0 Å². The lowest BCUT2D eigenvalue weighted by Gasteiger charge is -2.32. The number of piperidine rings is 1. The van der Waals surface area contributed by atoms with Gasteiger partial charge in [0, 0.05) is 36.8 Å². The van der Waals surface area contributed by atoms with Crippen LogP contribution in [-0.4, -0.2) is 42.5 Å². The highest BCUT2D eigenvalue weighted by Gasteiger charge is 2.24. The second kappa shape index (κ2) is 8.66. The van der Waals surface area contributed by atoms with Crippen molar-refractivity contribution >= 4 is 11.9 Å². The highest BCUT2D eigenvalue weighted by molar-refractivity contribution is 6.01. The Morgan fingerprint density at radius 1 is 1.04 bits per heavy atom. The van der Waals surface area contributed by atoms with E-state index in [1.807, 2.05) is 6.92 Å². The second-order valence-corrected chi connectivity index (χ2v) is 6.60. The van der Waals surface area contributed by atoms with Gasteiger partial charge in [0.1, 0.15) is 5.82 Å². The maximum absolute atomic E-state index is 14.2. The number of benzene rings is 2. The summed E-state index contributed by atoms with van der Waals surface area (Å²) in [5.41, 5.74) is 1.44. The maximum atomic E-state index is 14.2. The smallest absolute Gasteiger partial charge is 0.317 e. The van der Waals surface area contributed by atoms with Crippen molar-refractivity contribution in [3.63, 3.8) is 0 Å². The van der Waals surface area contributed by atoms with Crippen LogP contribution in [0.4, 0.5) is 9.18 Å². The van der Waals surface area contributed by atoms with Crippen LogP contribution in [0.1, 0.15) is 30.1 Å². The molecule has 142 valence electrons. The molecule has 1 fully saturated rings. The van der Waals surface area contributed by atoms with Crippen LogP contribution in [0.15, 0.2) is 48.5 Å². The number of rotatable bonds is 4. The average Bonchev–Trinajstić information content (AvgIpc) is 2.69. The quantitative estimate of drug-likeness (QED) is 0.868. The highest BCUT2D eigenvalue weighted by Crippen LogP contribution is 2.26. The lowest BCUT2D eigenvalue weighted by atomic mass is 9.97. The molecule has 2 aromatic carbocycles. The monoisotopic (exact) mass is 369 g/mol. The van der Waals surface area contributed by atoms with Gasteiger partial charge >= 0.3 is 6.03 Å². The number of nitrogens with zero attached hydrogens (tertiary/aromatic N) is 1. The van der Waals surface area contributed by atoms with Crippen LogP contribution in [0, 0.1) is 5.82 Å². The van der Waals surface area contributed by atoms with Gasteiger partial charge in [0.25, 0.3) is 5.91 Å². The van der Waals surface area contributed by atoms with Crippen molar-refractivity contribution in [2.24, 2.45) is 0 Å². The number of hydrogen-bond acceptors (Lipinski definition) is 2. The fourth-order valence-electron chi connectivity index (χ4n) is 3.35. The van der Waals surface area contributed by atoms with E-state index in [0.717, 1.165) is 0 Å². The fourth-order valence-corrected chi connectivity index (χ4v) is 3.35. The van der Waals surface area contributed by atoms with Crippen LogP contribution in [0.5, 0.6) is 0 Å². The molecule has 2 N–H and O–H groups in total. The minimum atomic E-state index is -0.354. The summed E-state index contributed by atoms with van der Waals surface area (Å²) in [5.74, 6) is -0.571. The number of likely N-dealkylation sites (tertiary alicyclic amines) is 1. The van der Waals surface area contributed by atoms with Crippen LogP contribution in [0.25, 0.3) is 11.1 Å². The zero-order valence-electron chi connectivity index (χ0n) is 15.4. The lowest BCUT2D eigenvalue weighted by Crippen LogP contribution is -2.49. The number of carbonyl (C=O) groups excluding carboxylic acids is 2. The van der Waals surface area contributed by atoms with Crippen molar-refractivity contribution in [2.75, 3.05) is 19.6 Å². The van der Waals surface area contributed by atoms with E-state index in [1.165, 1.54) is 6.07 Å². The van der Waals surface area contributed by atoms with Crippen molar-refractivity contribution in [2.45, 2.75) is 25.8 Å². The summed E-state index contributed by atoms with van der Waals surface area (Å²) in [5, 5.41) is 5.83. The molecule has 3 rings (SSSR count). The van der Waals surface area contributed by atoms with Crippen molar-refractivity contribution in [1.29, 1.82) is 0 Å². The molecule has 0 aliphatic carbocycles. The van der Waals surface area contributed by atoms with E-state index in [-0.39, 0.29) is 23.8 Å². The maximum Gasteiger partial charge on any atom is 0.317 e.